The van der Waals surface area contributed by atoms with E-state index in [-0.39, 0.29) is 10.8 Å². The van der Waals surface area contributed by atoms with Crippen molar-refractivity contribution >= 4 is 23.7 Å². The summed E-state index contributed by atoms with van der Waals surface area (Å²) in [7, 11) is 0. The van der Waals surface area contributed by atoms with Gasteiger partial charge in [0.05, 0.1) is 26.4 Å². The standard InChI is InChI=1S/C25H37N5O3S/c1-24(2,3)18-15-17(16-19(20(18)31)25(4,5)6)34-23-27-21(29-7-11-32-12-8-29)26-22(28-23)30-9-13-33-14-10-30/h15-16,31H,7-14H2,1-6H3. The first kappa shape index (κ1) is 25.0. The lowest BCUT2D eigenvalue weighted by atomic mass is 9.79. The molecule has 3 heterocycles. The van der Waals surface area contributed by atoms with Crippen LogP contribution in [0.15, 0.2) is 22.2 Å². The molecule has 0 spiro atoms. The van der Waals surface area contributed by atoms with E-state index in [2.05, 4.69) is 63.5 Å². The fraction of sp³-hybridized carbons (Fsp3) is 0.640. The molecule has 1 N–H and O–H groups in total. The zero-order valence-electron chi connectivity index (χ0n) is 21.2. The number of benzene rings is 1. The number of phenols is 1. The summed E-state index contributed by atoms with van der Waals surface area (Å²) in [6.45, 7) is 18.5. The molecule has 0 atom stereocenters. The number of aromatic hydroxyl groups is 1. The molecule has 0 unspecified atom stereocenters. The molecule has 4 rings (SSSR count). The molecule has 2 aliphatic rings. The zero-order chi connectivity index (χ0) is 24.5. The minimum Gasteiger partial charge on any atom is -0.507 e. The molecule has 186 valence electrons. The molecular weight excluding hydrogens is 450 g/mol. The summed E-state index contributed by atoms with van der Waals surface area (Å²) >= 11 is 1.52. The van der Waals surface area contributed by atoms with Crippen LogP contribution in [0.3, 0.4) is 0 Å². The predicted molar refractivity (Wildman–Crippen MR) is 136 cm³/mol. The lowest BCUT2D eigenvalue weighted by Gasteiger charge is -2.30. The fourth-order valence-corrected chi connectivity index (χ4v) is 4.93. The first-order valence-electron chi connectivity index (χ1n) is 12.0. The van der Waals surface area contributed by atoms with Crippen LogP contribution in [0.1, 0.15) is 52.7 Å². The van der Waals surface area contributed by atoms with Gasteiger partial charge in [0, 0.05) is 42.2 Å². The van der Waals surface area contributed by atoms with Gasteiger partial charge in [-0.1, -0.05) is 41.5 Å². The van der Waals surface area contributed by atoms with Crippen molar-refractivity contribution in [3.05, 3.63) is 23.3 Å². The van der Waals surface area contributed by atoms with Gasteiger partial charge in [-0.3, -0.25) is 0 Å². The van der Waals surface area contributed by atoms with Crippen LogP contribution < -0.4 is 9.80 Å². The van der Waals surface area contributed by atoms with E-state index in [0.29, 0.717) is 49.2 Å². The fourth-order valence-electron chi connectivity index (χ4n) is 4.11. The van der Waals surface area contributed by atoms with Gasteiger partial charge in [-0.25, -0.2) is 0 Å². The first-order valence-corrected chi connectivity index (χ1v) is 12.8. The van der Waals surface area contributed by atoms with Crippen LogP contribution in [0.4, 0.5) is 11.9 Å². The van der Waals surface area contributed by atoms with Gasteiger partial charge in [0.1, 0.15) is 5.75 Å². The minimum absolute atomic E-state index is 0.197. The Labute approximate surface area is 207 Å². The number of anilines is 2. The molecule has 8 nitrogen and oxygen atoms in total. The predicted octanol–water partition coefficient (Wildman–Crippen LogP) is 4.00. The third kappa shape index (κ3) is 5.75. The summed E-state index contributed by atoms with van der Waals surface area (Å²) < 4.78 is 11.1. The second kappa shape index (κ2) is 9.87. The van der Waals surface area contributed by atoms with Crippen LogP contribution in [-0.2, 0) is 20.3 Å². The van der Waals surface area contributed by atoms with Crippen molar-refractivity contribution in [1.82, 2.24) is 15.0 Å². The Morgan fingerprint density at radius 3 is 1.53 bits per heavy atom. The quantitative estimate of drug-likeness (QED) is 0.688. The van der Waals surface area contributed by atoms with Crippen LogP contribution >= 0.6 is 11.8 Å². The number of ether oxygens (including phenoxy) is 2. The van der Waals surface area contributed by atoms with Gasteiger partial charge in [-0.05, 0) is 34.7 Å². The number of rotatable bonds is 4. The highest BCUT2D eigenvalue weighted by Crippen LogP contribution is 2.42. The molecule has 0 bridgehead atoms. The largest absolute Gasteiger partial charge is 0.507 e. The number of morpholine rings is 2. The summed E-state index contributed by atoms with van der Waals surface area (Å²) in [6, 6.07) is 4.14. The van der Waals surface area contributed by atoms with Crippen molar-refractivity contribution in [3.8, 4) is 5.75 Å². The smallest absolute Gasteiger partial charge is 0.231 e. The molecule has 0 saturated carbocycles. The topological polar surface area (TPSA) is 83.8 Å². The van der Waals surface area contributed by atoms with E-state index in [9.17, 15) is 5.11 Å². The van der Waals surface area contributed by atoms with Gasteiger partial charge in [0.25, 0.3) is 0 Å². The maximum atomic E-state index is 11.1. The molecular formula is C25H37N5O3S. The van der Waals surface area contributed by atoms with Crippen LogP contribution in [0, 0.1) is 0 Å². The van der Waals surface area contributed by atoms with Crippen LogP contribution in [0.25, 0.3) is 0 Å². The minimum atomic E-state index is -0.197. The number of hydrogen-bond acceptors (Lipinski definition) is 9. The Bertz CT molecular complexity index is 935. The maximum Gasteiger partial charge on any atom is 0.231 e. The third-order valence-electron chi connectivity index (χ3n) is 6.09. The molecule has 9 heteroatoms. The van der Waals surface area contributed by atoms with E-state index in [1.165, 1.54) is 11.8 Å². The van der Waals surface area contributed by atoms with Crippen molar-refractivity contribution in [2.45, 2.75) is 62.4 Å². The summed E-state index contributed by atoms with van der Waals surface area (Å²) in [5.41, 5.74) is 1.46. The van der Waals surface area contributed by atoms with Crippen molar-refractivity contribution in [2.75, 3.05) is 62.4 Å². The molecule has 2 saturated heterocycles. The van der Waals surface area contributed by atoms with Crippen LogP contribution in [-0.4, -0.2) is 72.7 Å². The molecule has 34 heavy (non-hydrogen) atoms. The first-order chi connectivity index (χ1) is 16.0. The van der Waals surface area contributed by atoms with Gasteiger partial charge in [-0.2, -0.15) is 15.0 Å². The summed E-state index contributed by atoms with van der Waals surface area (Å²) in [4.78, 5) is 19.8. The third-order valence-corrected chi connectivity index (χ3v) is 6.92. The highest BCUT2D eigenvalue weighted by atomic mass is 32.2. The average molecular weight is 488 g/mol. The molecule has 1 aromatic carbocycles. The van der Waals surface area contributed by atoms with Crippen molar-refractivity contribution in [2.24, 2.45) is 0 Å². The summed E-state index contributed by atoms with van der Waals surface area (Å²) in [5, 5.41) is 11.7. The molecule has 1 aromatic heterocycles. The highest BCUT2D eigenvalue weighted by Gasteiger charge is 2.27. The Balaban J connectivity index is 1.75. The summed E-state index contributed by atoms with van der Waals surface area (Å²) in [6.07, 6.45) is 0. The maximum absolute atomic E-state index is 11.1. The molecule has 2 aliphatic heterocycles. The van der Waals surface area contributed by atoms with E-state index in [0.717, 1.165) is 42.2 Å². The van der Waals surface area contributed by atoms with Gasteiger partial charge >= 0.3 is 0 Å². The lowest BCUT2D eigenvalue weighted by molar-refractivity contribution is 0.121. The van der Waals surface area contributed by atoms with E-state index in [1.807, 2.05) is 0 Å². The zero-order valence-corrected chi connectivity index (χ0v) is 22.0. The molecule has 2 fully saturated rings. The number of phenolic OH excluding ortho intramolecular Hbond substituents is 1. The monoisotopic (exact) mass is 487 g/mol. The van der Waals surface area contributed by atoms with Crippen LogP contribution in [0.5, 0.6) is 5.75 Å². The average Bonchev–Trinajstić information content (AvgIpc) is 2.79. The SMILES string of the molecule is CC(C)(C)c1cc(Sc2nc(N3CCOCC3)nc(N3CCOCC3)n2)cc(C(C)(C)C)c1O. The van der Waals surface area contributed by atoms with Gasteiger partial charge in [0.15, 0.2) is 5.16 Å². The second-order valence-electron chi connectivity index (χ2n) is 10.9. The van der Waals surface area contributed by atoms with E-state index < -0.39 is 0 Å². The molecule has 0 amide bonds. The number of nitrogens with zero attached hydrogens (tertiary/aromatic N) is 5. The van der Waals surface area contributed by atoms with Crippen LogP contribution in [0.2, 0.25) is 0 Å². The lowest BCUT2D eigenvalue weighted by Crippen LogP contribution is -2.40. The van der Waals surface area contributed by atoms with E-state index in [4.69, 9.17) is 24.4 Å². The molecule has 2 aromatic rings. The molecule has 0 aliphatic carbocycles. The normalized spacial score (nSPS) is 17.8. The Kier molecular flexibility index (Phi) is 7.26. The van der Waals surface area contributed by atoms with E-state index in [1.54, 1.807) is 0 Å². The Morgan fingerprint density at radius 2 is 1.15 bits per heavy atom. The van der Waals surface area contributed by atoms with Crippen molar-refractivity contribution in [3.63, 3.8) is 0 Å². The molecule has 0 radical (unpaired) electrons. The summed E-state index contributed by atoms with van der Waals surface area (Å²) in [5.74, 6) is 1.75. The second-order valence-corrected chi connectivity index (χ2v) is 11.9. The van der Waals surface area contributed by atoms with Crippen molar-refractivity contribution in [1.29, 1.82) is 0 Å². The number of hydrogen-bond donors (Lipinski definition) is 1. The van der Waals surface area contributed by atoms with Crippen molar-refractivity contribution < 1.29 is 14.6 Å². The number of aromatic nitrogens is 3. The van der Waals surface area contributed by atoms with Gasteiger partial charge in [-0.15, -0.1) is 0 Å². The van der Waals surface area contributed by atoms with Gasteiger partial charge in [0.2, 0.25) is 11.9 Å². The van der Waals surface area contributed by atoms with E-state index >= 15 is 0 Å². The van der Waals surface area contributed by atoms with Gasteiger partial charge < -0.3 is 24.4 Å². The Hall–Kier alpha value is -2.10. The Morgan fingerprint density at radius 1 is 0.735 bits per heavy atom. The highest BCUT2D eigenvalue weighted by molar-refractivity contribution is 7.99.